The average molecular weight is 249 g/mol. The third kappa shape index (κ3) is 4.99. The van der Waals surface area contributed by atoms with Crippen molar-refractivity contribution in [3.63, 3.8) is 0 Å². The van der Waals surface area contributed by atoms with Crippen LogP contribution in [0.2, 0.25) is 0 Å². The van der Waals surface area contributed by atoms with E-state index in [0.29, 0.717) is 11.6 Å². The third-order valence-electron chi connectivity index (χ3n) is 2.23. The van der Waals surface area contributed by atoms with Crippen molar-refractivity contribution in [2.45, 2.75) is 31.5 Å². The van der Waals surface area contributed by atoms with E-state index < -0.39 is 18.6 Å². The van der Waals surface area contributed by atoms with Crippen molar-refractivity contribution in [3.05, 3.63) is 18.1 Å². The molecule has 0 saturated heterocycles. The lowest BCUT2D eigenvalue weighted by Crippen LogP contribution is -2.14. The van der Waals surface area contributed by atoms with Gasteiger partial charge in [0.05, 0.1) is 12.8 Å². The van der Waals surface area contributed by atoms with Gasteiger partial charge in [0.25, 0.3) is 0 Å². The lowest BCUT2D eigenvalue weighted by Gasteiger charge is -2.12. The molecule has 0 aliphatic heterocycles. The van der Waals surface area contributed by atoms with Crippen LogP contribution in [0.5, 0.6) is 5.88 Å². The Bertz CT molecular complexity index is 357. The van der Waals surface area contributed by atoms with Crippen molar-refractivity contribution in [1.82, 2.24) is 9.97 Å². The minimum Gasteiger partial charge on any atom is -0.481 e. The Labute approximate surface area is 97.0 Å². The van der Waals surface area contributed by atoms with Crippen LogP contribution in [0, 0.1) is 0 Å². The van der Waals surface area contributed by atoms with Gasteiger partial charge in [-0.3, -0.25) is 0 Å². The maximum Gasteiger partial charge on any atom is 0.389 e. The monoisotopic (exact) mass is 249 g/mol. The molecule has 0 radical (unpaired) electrons. The predicted molar refractivity (Wildman–Crippen MR) is 55.4 cm³/mol. The Morgan fingerprint density at radius 3 is 2.71 bits per heavy atom. The number of hydrogen-bond acceptors (Lipinski definition) is 4. The Kier molecular flexibility index (Phi) is 4.68. The van der Waals surface area contributed by atoms with E-state index in [4.69, 9.17) is 10.5 Å². The highest BCUT2D eigenvalue weighted by Gasteiger charge is 2.26. The smallest absolute Gasteiger partial charge is 0.389 e. The number of hydrogen-bond donors (Lipinski definition) is 1. The van der Waals surface area contributed by atoms with Gasteiger partial charge in [-0.15, -0.1) is 0 Å². The van der Waals surface area contributed by atoms with Crippen molar-refractivity contribution >= 4 is 0 Å². The van der Waals surface area contributed by atoms with Gasteiger partial charge in [0, 0.05) is 18.5 Å². The van der Waals surface area contributed by atoms with Crippen molar-refractivity contribution in [3.8, 4) is 5.88 Å². The molecule has 2 N–H and O–H groups in total. The number of nitrogens with two attached hydrogens (primary N) is 1. The Morgan fingerprint density at radius 1 is 1.41 bits per heavy atom. The van der Waals surface area contributed by atoms with E-state index in [1.54, 1.807) is 0 Å². The van der Waals surface area contributed by atoms with Gasteiger partial charge in [-0.25, -0.2) is 9.97 Å². The van der Waals surface area contributed by atoms with E-state index in [9.17, 15) is 13.2 Å². The van der Waals surface area contributed by atoms with Gasteiger partial charge in [0.2, 0.25) is 5.88 Å². The van der Waals surface area contributed by atoms with Crippen LogP contribution in [-0.4, -0.2) is 23.3 Å². The van der Waals surface area contributed by atoms with Crippen LogP contribution in [-0.2, 0) is 0 Å². The van der Waals surface area contributed by atoms with Crippen LogP contribution in [0.15, 0.2) is 12.4 Å². The highest BCUT2D eigenvalue weighted by atomic mass is 19.4. The number of nitrogens with zero attached hydrogens (tertiary/aromatic N) is 2. The number of methoxy groups -OCH3 is 1. The fourth-order valence-corrected chi connectivity index (χ4v) is 1.34. The minimum absolute atomic E-state index is 0.0169. The number of aromatic nitrogens is 2. The number of ether oxygens (including phenoxy) is 1. The normalized spacial score (nSPS) is 13.5. The van der Waals surface area contributed by atoms with Gasteiger partial charge in [-0.1, -0.05) is 0 Å². The highest BCUT2D eigenvalue weighted by molar-refractivity contribution is 5.15. The molecule has 1 unspecified atom stereocenters. The highest BCUT2D eigenvalue weighted by Crippen LogP contribution is 2.25. The van der Waals surface area contributed by atoms with Crippen molar-refractivity contribution in [1.29, 1.82) is 0 Å². The predicted octanol–water partition coefficient (Wildman–Crippen LogP) is 2.22. The first-order valence-electron chi connectivity index (χ1n) is 5.10. The standard InChI is InChI=1S/C10H14F3N3O/c1-17-9-5-8(15-6-16-9)7(14)3-2-4-10(11,12)13/h5-7H,2-4,14H2,1H3. The lowest BCUT2D eigenvalue weighted by molar-refractivity contribution is -0.135. The molecule has 0 aliphatic carbocycles. The molecular weight excluding hydrogens is 235 g/mol. The second-order valence-corrected chi connectivity index (χ2v) is 3.60. The SMILES string of the molecule is COc1cc(C(N)CCCC(F)(F)F)ncn1. The zero-order chi connectivity index (χ0) is 12.9. The summed E-state index contributed by atoms with van der Waals surface area (Å²) in [6.07, 6.45) is -3.49. The van der Waals surface area contributed by atoms with Crippen molar-refractivity contribution in [2.24, 2.45) is 5.73 Å². The summed E-state index contributed by atoms with van der Waals surface area (Å²) < 4.78 is 40.7. The van der Waals surface area contributed by atoms with E-state index in [1.807, 2.05) is 0 Å². The Balaban J connectivity index is 2.49. The molecule has 7 heteroatoms. The fourth-order valence-electron chi connectivity index (χ4n) is 1.34. The zero-order valence-corrected chi connectivity index (χ0v) is 9.37. The average Bonchev–Trinajstić information content (AvgIpc) is 2.27. The van der Waals surface area contributed by atoms with Gasteiger partial charge in [-0.05, 0) is 12.8 Å². The summed E-state index contributed by atoms with van der Waals surface area (Å²) >= 11 is 0. The van der Waals surface area contributed by atoms with Gasteiger partial charge in [0.1, 0.15) is 6.33 Å². The first-order chi connectivity index (χ1) is 7.92. The maximum atomic E-state index is 11.9. The third-order valence-corrected chi connectivity index (χ3v) is 2.23. The van der Waals surface area contributed by atoms with Crippen LogP contribution < -0.4 is 10.5 Å². The molecular formula is C10H14F3N3O. The molecule has 0 spiro atoms. The molecule has 0 fully saturated rings. The summed E-state index contributed by atoms with van der Waals surface area (Å²) in [6.45, 7) is 0. The quantitative estimate of drug-likeness (QED) is 0.869. The minimum atomic E-state index is -4.14. The molecule has 4 nitrogen and oxygen atoms in total. The van der Waals surface area contributed by atoms with Crippen LogP contribution in [0.25, 0.3) is 0 Å². The van der Waals surface area contributed by atoms with E-state index in [0.717, 1.165) is 0 Å². The zero-order valence-electron chi connectivity index (χ0n) is 9.37. The van der Waals surface area contributed by atoms with Gasteiger partial charge in [-0.2, -0.15) is 13.2 Å². The van der Waals surface area contributed by atoms with E-state index in [1.165, 1.54) is 19.5 Å². The first-order valence-corrected chi connectivity index (χ1v) is 5.10. The van der Waals surface area contributed by atoms with Gasteiger partial charge < -0.3 is 10.5 Å². The van der Waals surface area contributed by atoms with E-state index in [-0.39, 0.29) is 12.8 Å². The van der Waals surface area contributed by atoms with Gasteiger partial charge in [0.15, 0.2) is 0 Å². The summed E-state index contributed by atoms with van der Waals surface area (Å²) in [5, 5.41) is 0. The topological polar surface area (TPSA) is 61.0 Å². The molecule has 0 aromatic carbocycles. The first kappa shape index (κ1) is 13.7. The lowest BCUT2D eigenvalue weighted by atomic mass is 10.1. The molecule has 1 atom stereocenters. The molecule has 0 saturated carbocycles. The molecule has 1 heterocycles. The molecule has 17 heavy (non-hydrogen) atoms. The molecule has 1 aromatic rings. The summed E-state index contributed by atoms with van der Waals surface area (Å²) in [4.78, 5) is 7.70. The summed E-state index contributed by atoms with van der Waals surface area (Å²) in [6, 6.07) is 0.993. The second-order valence-electron chi connectivity index (χ2n) is 3.60. The molecule has 1 aromatic heterocycles. The fraction of sp³-hybridized carbons (Fsp3) is 0.600. The van der Waals surface area contributed by atoms with Crippen LogP contribution in [0.3, 0.4) is 0 Å². The molecule has 1 rings (SSSR count). The summed E-state index contributed by atoms with van der Waals surface area (Å²) in [7, 11) is 1.45. The molecule has 0 amide bonds. The maximum absolute atomic E-state index is 11.9. The molecule has 96 valence electrons. The van der Waals surface area contributed by atoms with E-state index >= 15 is 0 Å². The summed E-state index contributed by atoms with van der Waals surface area (Å²) in [5.74, 6) is 0.348. The van der Waals surface area contributed by atoms with Crippen LogP contribution in [0.4, 0.5) is 13.2 Å². The van der Waals surface area contributed by atoms with Crippen LogP contribution in [0.1, 0.15) is 31.0 Å². The Morgan fingerprint density at radius 2 is 2.12 bits per heavy atom. The Hall–Kier alpha value is -1.37. The molecule has 0 aliphatic rings. The second kappa shape index (κ2) is 5.81. The van der Waals surface area contributed by atoms with E-state index in [2.05, 4.69) is 9.97 Å². The number of alkyl halides is 3. The summed E-state index contributed by atoms with van der Waals surface area (Å²) in [5.41, 5.74) is 6.22. The van der Waals surface area contributed by atoms with Crippen molar-refractivity contribution in [2.75, 3.05) is 7.11 Å². The van der Waals surface area contributed by atoms with Gasteiger partial charge >= 0.3 is 6.18 Å². The van der Waals surface area contributed by atoms with Crippen LogP contribution >= 0.6 is 0 Å². The molecule has 0 bridgehead atoms. The number of rotatable bonds is 5. The van der Waals surface area contributed by atoms with Crippen molar-refractivity contribution < 1.29 is 17.9 Å². The number of halogens is 3. The largest absolute Gasteiger partial charge is 0.481 e.